The van der Waals surface area contributed by atoms with Crippen LogP contribution in [0.1, 0.15) is 18.1 Å². The Morgan fingerprint density at radius 3 is 2.55 bits per heavy atom. The summed E-state index contributed by atoms with van der Waals surface area (Å²) in [6.45, 7) is 6.40. The van der Waals surface area contributed by atoms with Gasteiger partial charge in [-0.05, 0) is 44.0 Å². The van der Waals surface area contributed by atoms with E-state index in [-0.39, 0.29) is 5.03 Å². The van der Waals surface area contributed by atoms with E-state index in [2.05, 4.69) is 9.71 Å². The third-order valence-electron chi connectivity index (χ3n) is 3.16. The van der Waals surface area contributed by atoms with Gasteiger partial charge in [0.05, 0.1) is 17.7 Å². The zero-order valence-corrected chi connectivity index (χ0v) is 12.5. The number of aryl methyl sites for hydroxylation is 3. The molecule has 0 atom stereocenters. The van der Waals surface area contributed by atoms with E-state index in [1.54, 1.807) is 16.7 Å². The van der Waals surface area contributed by atoms with E-state index >= 15 is 0 Å². The average molecular weight is 294 g/mol. The zero-order chi connectivity index (χ0) is 14.9. The van der Waals surface area contributed by atoms with Gasteiger partial charge in [0.2, 0.25) is 0 Å². The lowest BCUT2D eigenvalue weighted by Gasteiger charge is -2.11. The third kappa shape index (κ3) is 2.77. The van der Waals surface area contributed by atoms with Crippen LogP contribution in [-0.4, -0.2) is 18.0 Å². The normalized spacial score (nSPS) is 11.6. The largest absolute Gasteiger partial charge is 0.397 e. The smallest absolute Gasteiger partial charge is 0.281 e. The molecule has 0 fully saturated rings. The number of anilines is 2. The van der Waals surface area contributed by atoms with E-state index in [1.807, 2.05) is 20.8 Å². The Kier molecular flexibility index (Phi) is 3.71. The van der Waals surface area contributed by atoms with Crippen molar-refractivity contribution in [2.45, 2.75) is 32.3 Å². The molecule has 0 radical (unpaired) electrons. The van der Waals surface area contributed by atoms with Crippen LogP contribution in [0.25, 0.3) is 0 Å². The predicted octanol–water partition coefficient (Wildman–Crippen LogP) is 1.90. The second-order valence-electron chi connectivity index (χ2n) is 4.67. The van der Waals surface area contributed by atoms with Crippen LogP contribution in [0.15, 0.2) is 29.7 Å². The van der Waals surface area contributed by atoms with Gasteiger partial charge in [0, 0.05) is 12.7 Å². The molecule has 20 heavy (non-hydrogen) atoms. The average Bonchev–Trinajstić information content (AvgIpc) is 2.85. The minimum absolute atomic E-state index is 0.0167. The number of nitrogen functional groups attached to an aromatic ring is 1. The molecule has 108 valence electrons. The fourth-order valence-corrected chi connectivity index (χ4v) is 2.81. The van der Waals surface area contributed by atoms with E-state index in [1.165, 1.54) is 12.5 Å². The molecule has 7 heteroatoms. The number of rotatable bonds is 4. The van der Waals surface area contributed by atoms with Crippen LogP contribution in [0.5, 0.6) is 0 Å². The Hall–Kier alpha value is -2.02. The molecular formula is C13H18N4O2S. The van der Waals surface area contributed by atoms with E-state index in [4.69, 9.17) is 5.73 Å². The Balaban J connectivity index is 2.35. The third-order valence-corrected chi connectivity index (χ3v) is 4.41. The summed E-state index contributed by atoms with van der Waals surface area (Å²) in [5.41, 5.74) is 8.61. The van der Waals surface area contributed by atoms with Gasteiger partial charge in [-0.3, -0.25) is 4.72 Å². The number of sulfonamides is 1. The van der Waals surface area contributed by atoms with E-state index in [0.29, 0.717) is 17.9 Å². The van der Waals surface area contributed by atoms with Gasteiger partial charge in [0.1, 0.15) is 0 Å². The van der Waals surface area contributed by atoms with Crippen LogP contribution in [-0.2, 0) is 16.6 Å². The molecule has 0 aliphatic carbocycles. The fraction of sp³-hybridized carbons (Fsp3) is 0.308. The lowest BCUT2D eigenvalue weighted by atomic mass is 10.1. The lowest BCUT2D eigenvalue weighted by molar-refractivity contribution is 0.598. The van der Waals surface area contributed by atoms with Crippen molar-refractivity contribution in [1.29, 1.82) is 0 Å². The van der Waals surface area contributed by atoms with Gasteiger partial charge in [-0.1, -0.05) is 0 Å². The Morgan fingerprint density at radius 1 is 1.30 bits per heavy atom. The van der Waals surface area contributed by atoms with Crippen molar-refractivity contribution < 1.29 is 8.42 Å². The minimum Gasteiger partial charge on any atom is -0.397 e. The predicted molar refractivity (Wildman–Crippen MR) is 79.0 cm³/mol. The second kappa shape index (κ2) is 5.16. The molecule has 0 aliphatic heterocycles. The number of benzene rings is 1. The van der Waals surface area contributed by atoms with Crippen LogP contribution in [0.4, 0.5) is 11.4 Å². The number of nitrogens with one attached hydrogen (secondary N) is 1. The first kappa shape index (κ1) is 14.4. The maximum absolute atomic E-state index is 12.2. The molecular weight excluding hydrogens is 276 g/mol. The first-order valence-electron chi connectivity index (χ1n) is 6.25. The molecule has 1 aromatic carbocycles. The molecule has 0 spiro atoms. The van der Waals surface area contributed by atoms with Crippen molar-refractivity contribution in [2.75, 3.05) is 10.5 Å². The van der Waals surface area contributed by atoms with Crippen LogP contribution >= 0.6 is 0 Å². The Bertz CT molecular complexity index is 735. The topological polar surface area (TPSA) is 90.0 Å². The summed E-state index contributed by atoms with van der Waals surface area (Å²) in [4.78, 5) is 3.90. The number of nitrogens with zero attached hydrogens (tertiary/aromatic N) is 2. The zero-order valence-electron chi connectivity index (χ0n) is 11.7. The van der Waals surface area contributed by atoms with Crippen molar-refractivity contribution in [2.24, 2.45) is 0 Å². The van der Waals surface area contributed by atoms with Gasteiger partial charge in [-0.15, -0.1) is 0 Å². The van der Waals surface area contributed by atoms with Gasteiger partial charge in [-0.2, -0.15) is 8.42 Å². The summed E-state index contributed by atoms with van der Waals surface area (Å²) in [7, 11) is -3.72. The highest BCUT2D eigenvalue weighted by atomic mass is 32.2. The first-order chi connectivity index (χ1) is 9.33. The van der Waals surface area contributed by atoms with Crippen molar-refractivity contribution in [3.63, 3.8) is 0 Å². The monoisotopic (exact) mass is 294 g/mol. The molecule has 0 saturated carbocycles. The first-order valence-corrected chi connectivity index (χ1v) is 7.73. The van der Waals surface area contributed by atoms with Crippen molar-refractivity contribution in [3.05, 3.63) is 35.8 Å². The number of nitrogens with two attached hydrogens (primary N) is 1. The van der Waals surface area contributed by atoms with Crippen LogP contribution < -0.4 is 10.5 Å². The highest BCUT2D eigenvalue weighted by molar-refractivity contribution is 7.92. The standard InChI is InChI=1S/C13H18N4O2S/c1-4-17-7-13(15-8-17)20(18,19)16-12-6-10(3)9(2)5-11(12)14/h5-8,16H,4,14H2,1-3H3. The molecule has 0 aliphatic rings. The van der Waals surface area contributed by atoms with Gasteiger partial charge < -0.3 is 10.3 Å². The summed E-state index contributed by atoms with van der Waals surface area (Å²) in [5.74, 6) is 0. The highest BCUT2D eigenvalue weighted by Crippen LogP contribution is 2.25. The number of aromatic nitrogens is 2. The van der Waals surface area contributed by atoms with E-state index in [0.717, 1.165) is 11.1 Å². The second-order valence-corrected chi connectivity index (χ2v) is 6.30. The highest BCUT2D eigenvalue weighted by Gasteiger charge is 2.18. The summed E-state index contributed by atoms with van der Waals surface area (Å²) in [6.07, 6.45) is 2.97. The summed E-state index contributed by atoms with van der Waals surface area (Å²) >= 11 is 0. The molecule has 0 bridgehead atoms. The number of imidazole rings is 1. The molecule has 2 aromatic rings. The van der Waals surface area contributed by atoms with Crippen LogP contribution in [0.2, 0.25) is 0 Å². The number of hydrogen-bond acceptors (Lipinski definition) is 4. The Morgan fingerprint density at radius 2 is 1.95 bits per heavy atom. The molecule has 2 rings (SSSR count). The summed E-state index contributed by atoms with van der Waals surface area (Å²) in [6, 6.07) is 3.47. The van der Waals surface area contributed by atoms with Gasteiger partial charge in [0.25, 0.3) is 10.0 Å². The van der Waals surface area contributed by atoms with E-state index in [9.17, 15) is 8.42 Å². The van der Waals surface area contributed by atoms with Crippen LogP contribution in [0.3, 0.4) is 0 Å². The molecule has 0 amide bonds. The van der Waals surface area contributed by atoms with Gasteiger partial charge in [-0.25, -0.2) is 4.98 Å². The van der Waals surface area contributed by atoms with Crippen LogP contribution in [0, 0.1) is 13.8 Å². The van der Waals surface area contributed by atoms with Gasteiger partial charge in [0.15, 0.2) is 5.03 Å². The number of hydrogen-bond donors (Lipinski definition) is 2. The van der Waals surface area contributed by atoms with Crippen molar-refractivity contribution >= 4 is 21.4 Å². The molecule has 0 unspecified atom stereocenters. The SMILES string of the molecule is CCn1cnc(S(=O)(=O)Nc2cc(C)c(C)cc2N)c1. The van der Waals surface area contributed by atoms with Crippen molar-refractivity contribution in [1.82, 2.24) is 9.55 Å². The molecule has 1 heterocycles. The molecule has 0 saturated heterocycles. The summed E-state index contributed by atoms with van der Waals surface area (Å²) in [5, 5.41) is -0.0167. The maximum Gasteiger partial charge on any atom is 0.281 e. The van der Waals surface area contributed by atoms with Crippen molar-refractivity contribution in [3.8, 4) is 0 Å². The molecule has 3 N–H and O–H groups in total. The fourth-order valence-electron chi connectivity index (χ4n) is 1.78. The summed E-state index contributed by atoms with van der Waals surface area (Å²) < 4.78 is 28.6. The van der Waals surface area contributed by atoms with E-state index < -0.39 is 10.0 Å². The lowest BCUT2D eigenvalue weighted by Crippen LogP contribution is -2.15. The quantitative estimate of drug-likeness (QED) is 0.843. The maximum atomic E-state index is 12.2. The Labute approximate surface area is 118 Å². The molecule has 6 nitrogen and oxygen atoms in total. The minimum atomic E-state index is -3.72. The molecule has 1 aromatic heterocycles. The van der Waals surface area contributed by atoms with Gasteiger partial charge >= 0.3 is 0 Å².